The molecular formula is C25H29F5N4O2. The number of hydrogen-bond acceptors (Lipinski definition) is 4. The second-order valence-electron chi connectivity index (χ2n) is 9.57. The van der Waals surface area contributed by atoms with Gasteiger partial charge >= 0.3 is 6.18 Å². The zero-order chi connectivity index (χ0) is 26.8. The lowest BCUT2D eigenvalue weighted by Gasteiger charge is -2.30. The van der Waals surface area contributed by atoms with Crippen LogP contribution in [0.5, 0.6) is 0 Å². The molecule has 0 unspecified atom stereocenters. The predicted molar refractivity (Wildman–Crippen MR) is 123 cm³/mol. The number of primary amides is 1. The van der Waals surface area contributed by atoms with E-state index in [1.165, 1.54) is 6.20 Å². The van der Waals surface area contributed by atoms with Crippen molar-refractivity contribution in [2.24, 2.45) is 11.1 Å². The Kier molecular flexibility index (Phi) is 8.02. The van der Waals surface area contributed by atoms with Crippen LogP contribution >= 0.6 is 0 Å². The van der Waals surface area contributed by atoms with E-state index in [4.69, 9.17) is 5.73 Å². The fraction of sp³-hybridized carbons (Fsp3) is 0.480. The van der Waals surface area contributed by atoms with Crippen molar-refractivity contribution in [2.75, 3.05) is 20.6 Å². The van der Waals surface area contributed by atoms with Gasteiger partial charge in [0.15, 0.2) is 0 Å². The molecule has 3 N–H and O–H groups in total. The van der Waals surface area contributed by atoms with Crippen LogP contribution in [0.15, 0.2) is 30.5 Å². The van der Waals surface area contributed by atoms with Gasteiger partial charge in [-0.25, -0.2) is 8.78 Å². The Labute approximate surface area is 206 Å². The Morgan fingerprint density at radius 3 is 2.22 bits per heavy atom. The first-order chi connectivity index (χ1) is 16.7. The van der Waals surface area contributed by atoms with E-state index in [0.29, 0.717) is 11.3 Å². The summed E-state index contributed by atoms with van der Waals surface area (Å²) in [7, 11) is 3.40. The number of amides is 2. The Bertz CT molecular complexity index is 1090. The standard InChI is InChI=1S/C25H29F5N4O2/c1-14-4-5-16(12-32-14)18(24(6-7-24)25(28,29)30)11-21(35)33-13-17(34(2)3)8-15-9-19(26)22(23(31)36)20(27)10-15/h4-5,9-10,12,17-18H,6-8,11,13H2,1-3H3,(H2,31,36)(H,33,35)/t17-,18-/m0/s1. The monoisotopic (exact) mass is 512 g/mol. The number of carbonyl (C=O) groups is 2. The number of pyridine rings is 1. The molecule has 0 aliphatic heterocycles. The molecule has 1 aliphatic carbocycles. The highest BCUT2D eigenvalue weighted by molar-refractivity contribution is 5.93. The van der Waals surface area contributed by atoms with E-state index < -0.39 is 52.6 Å². The van der Waals surface area contributed by atoms with E-state index in [1.807, 2.05) is 0 Å². The Morgan fingerprint density at radius 1 is 1.17 bits per heavy atom. The lowest BCUT2D eigenvalue weighted by Crippen LogP contribution is -2.42. The number of carbonyl (C=O) groups excluding carboxylic acids is 2. The Balaban J connectivity index is 1.72. The molecule has 1 saturated carbocycles. The maximum absolute atomic E-state index is 14.1. The van der Waals surface area contributed by atoms with Gasteiger partial charge in [-0.3, -0.25) is 14.6 Å². The Hall–Kier alpha value is -3.08. The molecule has 196 valence electrons. The number of nitrogens with zero attached hydrogens (tertiary/aromatic N) is 2. The average Bonchev–Trinajstić information content (AvgIpc) is 3.57. The van der Waals surface area contributed by atoms with E-state index in [9.17, 15) is 31.5 Å². The molecule has 0 saturated heterocycles. The zero-order valence-electron chi connectivity index (χ0n) is 20.3. The smallest absolute Gasteiger partial charge is 0.365 e. The van der Waals surface area contributed by atoms with Crippen LogP contribution in [0.4, 0.5) is 22.0 Å². The average molecular weight is 513 g/mol. The largest absolute Gasteiger partial charge is 0.395 e. The fourth-order valence-electron chi connectivity index (χ4n) is 4.46. The summed E-state index contributed by atoms with van der Waals surface area (Å²) in [5.41, 5.74) is 3.46. The van der Waals surface area contributed by atoms with Crippen LogP contribution < -0.4 is 11.1 Å². The van der Waals surface area contributed by atoms with Crippen molar-refractivity contribution < 1.29 is 31.5 Å². The lowest BCUT2D eigenvalue weighted by molar-refractivity contribution is -0.194. The van der Waals surface area contributed by atoms with Crippen LogP contribution in [0.3, 0.4) is 0 Å². The summed E-state index contributed by atoms with van der Waals surface area (Å²) in [6.45, 7) is 1.76. The maximum atomic E-state index is 14.1. The van der Waals surface area contributed by atoms with Crippen molar-refractivity contribution in [2.45, 2.75) is 50.7 Å². The van der Waals surface area contributed by atoms with Gasteiger partial charge in [-0.1, -0.05) is 6.07 Å². The van der Waals surface area contributed by atoms with Gasteiger partial charge in [-0.15, -0.1) is 0 Å². The summed E-state index contributed by atoms with van der Waals surface area (Å²) < 4.78 is 70.1. The highest BCUT2D eigenvalue weighted by Gasteiger charge is 2.67. The molecule has 1 aromatic carbocycles. The van der Waals surface area contributed by atoms with E-state index in [2.05, 4.69) is 10.3 Å². The molecule has 1 fully saturated rings. The van der Waals surface area contributed by atoms with Gasteiger partial charge in [0, 0.05) is 36.8 Å². The number of alkyl halides is 3. The summed E-state index contributed by atoms with van der Waals surface area (Å²) in [4.78, 5) is 29.9. The molecule has 2 atom stereocenters. The van der Waals surface area contributed by atoms with Gasteiger partial charge in [-0.2, -0.15) is 13.2 Å². The second-order valence-corrected chi connectivity index (χ2v) is 9.57. The molecule has 0 radical (unpaired) electrons. The van der Waals surface area contributed by atoms with Crippen molar-refractivity contribution >= 4 is 11.8 Å². The molecule has 1 heterocycles. The van der Waals surface area contributed by atoms with Crippen molar-refractivity contribution in [1.29, 1.82) is 0 Å². The number of aromatic nitrogens is 1. The molecule has 6 nitrogen and oxygen atoms in total. The van der Waals surface area contributed by atoms with E-state index in [-0.39, 0.29) is 37.8 Å². The van der Waals surface area contributed by atoms with Crippen LogP contribution in [0, 0.1) is 24.0 Å². The first kappa shape index (κ1) is 27.5. The second kappa shape index (κ2) is 10.5. The molecule has 0 bridgehead atoms. The molecular weight excluding hydrogens is 483 g/mol. The molecule has 2 amide bonds. The minimum atomic E-state index is -4.46. The minimum Gasteiger partial charge on any atom is -0.365 e. The number of nitrogens with two attached hydrogens (primary N) is 1. The van der Waals surface area contributed by atoms with Gasteiger partial charge < -0.3 is 16.0 Å². The summed E-state index contributed by atoms with van der Waals surface area (Å²) >= 11 is 0. The number of halogens is 5. The van der Waals surface area contributed by atoms with Gasteiger partial charge in [0.1, 0.15) is 17.2 Å². The first-order valence-electron chi connectivity index (χ1n) is 11.5. The number of rotatable bonds is 10. The number of likely N-dealkylation sites (N-methyl/N-ethyl adjacent to an activating group) is 1. The van der Waals surface area contributed by atoms with Gasteiger partial charge in [0.05, 0.1) is 5.41 Å². The van der Waals surface area contributed by atoms with Crippen molar-refractivity contribution in [3.05, 3.63) is 64.5 Å². The quantitative estimate of drug-likeness (QED) is 0.473. The Morgan fingerprint density at radius 2 is 1.78 bits per heavy atom. The third-order valence-electron chi connectivity index (χ3n) is 6.83. The first-order valence-corrected chi connectivity index (χ1v) is 11.5. The maximum Gasteiger partial charge on any atom is 0.395 e. The third kappa shape index (κ3) is 6.00. The van der Waals surface area contributed by atoms with Crippen LogP contribution in [-0.2, 0) is 11.2 Å². The van der Waals surface area contributed by atoms with Crippen LogP contribution in [-0.4, -0.2) is 54.6 Å². The van der Waals surface area contributed by atoms with Crippen molar-refractivity contribution in [1.82, 2.24) is 15.2 Å². The number of hydrogen-bond donors (Lipinski definition) is 2. The lowest BCUT2D eigenvalue weighted by atomic mass is 9.80. The molecule has 1 aromatic heterocycles. The van der Waals surface area contributed by atoms with Gasteiger partial charge in [0.2, 0.25) is 5.91 Å². The highest BCUT2D eigenvalue weighted by atomic mass is 19.4. The van der Waals surface area contributed by atoms with Crippen molar-refractivity contribution in [3.63, 3.8) is 0 Å². The summed E-state index contributed by atoms with van der Waals surface area (Å²) in [6, 6.07) is 4.78. The van der Waals surface area contributed by atoms with E-state index in [1.54, 1.807) is 38.1 Å². The van der Waals surface area contributed by atoms with Crippen LogP contribution in [0.25, 0.3) is 0 Å². The minimum absolute atomic E-state index is 0.0323. The molecule has 36 heavy (non-hydrogen) atoms. The van der Waals surface area contributed by atoms with Crippen LogP contribution in [0.1, 0.15) is 52.4 Å². The van der Waals surface area contributed by atoms with Gasteiger partial charge in [-0.05, 0) is 69.6 Å². The summed E-state index contributed by atoms with van der Waals surface area (Å²) in [5.74, 6) is -5.04. The normalized spacial score (nSPS) is 16.5. The summed E-state index contributed by atoms with van der Waals surface area (Å²) in [6.07, 6.45) is -3.44. The molecule has 0 spiro atoms. The molecule has 1 aliphatic rings. The van der Waals surface area contributed by atoms with E-state index in [0.717, 1.165) is 12.1 Å². The number of nitrogens with one attached hydrogen (secondary N) is 1. The predicted octanol–water partition coefficient (Wildman–Crippen LogP) is 3.87. The molecule has 3 rings (SSSR count). The zero-order valence-corrected chi connectivity index (χ0v) is 20.3. The highest BCUT2D eigenvalue weighted by Crippen LogP contribution is 2.66. The van der Waals surface area contributed by atoms with Crippen LogP contribution in [0.2, 0.25) is 0 Å². The number of aryl methyl sites for hydroxylation is 1. The topological polar surface area (TPSA) is 88.3 Å². The summed E-state index contributed by atoms with van der Waals surface area (Å²) in [5, 5.41) is 2.68. The van der Waals surface area contributed by atoms with E-state index >= 15 is 0 Å². The van der Waals surface area contributed by atoms with Crippen molar-refractivity contribution in [3.8, 4) is 0 Å². The fourth-order valence-corrected chi connectivity index (χ4v) is 4.46. The SMILES string of the molecule is Cc1ccc([C@H](CC(=O)NC[C@H](Cc2cc(F)c(C(N)=O)c(F)c2)N(C)C)C2(C(F)(F)F)CC2)cn1. The molecule has 2 aromatic rings. The number of benzene rings is 1. The van der Waals surface area contributed by atoms with Gasteiger partial charge in [0.25, 0.3) is 5.91 Å². The third-order valence-corrected chi connectivity index (χ3v) is 6.83. The molecule has 11 heteroatoms.